The van der Waals surface area contributed by atoms with Gasteiger partial charge in [-0.3, -0.25) is 0 Å². The van der Waals surface area contributed by atoms with E-state index < -0.39 is 12.8 Å². The fraction of sp³-hybridized carbons (Fsp3) is 0.143. The SMILES string of the molecule is Nc1cccc(-c2ccccc2OCc2ccccc2)c1OCC(F)(F)F. The molecule has 27 heavy (non-hydrogen) atoms. The molecule has 140 valence electrons. The van der Waals surface area contributed by atoms with Crippen LogP contribution in [0.4, 0.5) is 18.9 Å². The smallest absolute Gasteiger partial charge is 0.422 e. The van der Waals surface area contributed by atoms with E-state index in [0.717, 1.165) is 5.56 Å². The van der Waals surface area contributed by atoms with E-state index in [2.05, 4.69) is 0 Å². The van der Waals surface area contributed by atoms with Gasteiger partial charge < -0.3 is 15.2 Å². The Morgan fingerprint density at radius 1 is 0.741 bits per heavy atom. The Morgan fingerprint density at radius 3 is 2.15 bits per heavy atom. The van der Waals surface area contributed by atoms with Gasteiger partial charge in [0.05, 0.1) is 5.69 Å². The van der Waals surface area contributed by atoms with Crippen molar-refractivity contribution in [2.75, 3.05) is 12.3 Å². The molecule has 6 heteroatoms. The van der Waals surface area contributed by atoms with Gasteiger partial charge >= 0.3 is 6.18 Å². The highest BCUT2D eigenvalue weighted by Gasteiger charge is 2.29. The number of hydrogen-bond acceptors (Lipinski definition) is 3. The zero-order chi connectivity index (χ0) is 19.3. The van der Waals surface area contributed by atoms with Crippen molar-refractivity contribution in [1.29, 1.82) is 0 Å². The normalized spacial score (nSPS) is 11.2. The number of anilines is 1. The molecule has 0 saturated heterocycles. The molecular weight excluding hydrogens is 355 g/mol. The Hall–Kier alpha value is -3.15. The van der Waals surface area contributed by atoms with E-state index in [4.69, 9.17) is 15.2 Å². The molecule has 0 atom stereocenters. The summed E-state index contributed by atoms with van der Waals surface area (Å²) < 4.78 is 48.7. The van der Waals surface area contributed by atoms with Gasteiger partial charge in [-0.15, -0.1) is 0 Å². The van der Waals surface area contributed by atoms with Crippen molar-refractivity contribution in [3.63, 3.8) is 0 Å². The molecule has 0 spiro atoms. The van der Waals surface area contributed by atoms with Crippen LogP contribution in [-0.4, -0.2) is 12.8 Å². The largest absolute Gasteiger partial charge is 0.488 e. The van der Waals surface area contributed by atoms with Crippen molar-refractivity contribution in [1.82, 2.24) is 0 Å². The summed E-state index contributed by atoms with van der Waals surface area (Å²) in [6, 6.07) is 21.5. The summed E-state index contributed by atoms with van der Waals surface area (Å²) in [6.45, 7) is -1.08. The molecule has 0 radical (unpaired) electrons. The van der Waals surface area contributed by atoms with Gasteiger partial charge in [-0.05, 0) is 17.7 Å². The number of para-hydroxylation sites is 2. The Labute approximate surface area is 155 Å². The maximum Gasteiger partial charge on any atom is 0.422 e. The van der Waals surface area contributed by atoms with Crippen molar-refractivity contribution >= 4 is 5.69 Å². The zero-order valence-electron chi connectivity index (χ0n) is 14.4. The quantitative estimate of drug-likeness (QED) is 0.584. The molecule has 0 aliphatic carbocycles. The van der Waals surface area contributed by atoms with Crippen LogP contribution in [0.5, 0.6) is 11.5 Å². The second kappa shape index (κ2) is 8.03. The summed E-state index contributed by atoms with van der Waals surface area (Å²) in [5.74, 6) is 0.523. The van der Waals surface area contributed by atoms with Gasteiger partial charge in [0.15, 0.2) is 12.4 Å². The lowest BCUT2D eigenvalue weighted by Gasteiger charge is -2.17. The Morgan fingerprint density at radius 2 is 1.41 bits per heavy atom. The lowest BCUT2D eigenvalue weighted by Crippen LogP contribution is -2.20. The van der Waals surface area contributed by atoms with Gasteiger partial charge in [0.25, 0.3) is 0 Å². The van der Waals surface area contributed by atoms with Crippen molar-refractivity contribution < 1.29 is 22.6 Å². The zero-order valence-corrected chi connectivity index (χ0v) is 14.4. The van der Waals surface area contributed by atoms with Gasteiger partial charge in [-0.25, -0.2) is 0 Å². The number of nitrogen functional groups attached to an aromatic ring is 1. The fourth-order valence-corrected chi connectivity index (χ4v) is 2.63. The summed E-state index contributed by atoms with van der Waals surface area (Å²) in [4.78, 5) is 0. The number of hydrogen-bond donors (Lipinski definition) is 1. The van der Waals surface area contributed by atoms with Crippen LogP contribution in [0.2, 0.25) is 0 Å². The predicted molar refractivity (Wildman–Crippen MR) is 98.6 cm³/mol. The van der Waals surface area contributed by atoms with Gasteiger partial charge in [-0.2, -0.15) is 13.2 Å². The highest BCUT2D eigenvalue weighted by Crippen LogP contribution is 2.40. The summed E-state index contributed by atoms with van der Waals surface area (Å²) in [7, 11) is 0. The molecule has 0 amide bonds. The van der Waals surface area contributed by atoms with Crippen LogP contribution in [0.15, 0.2) is 72.8 Å². The minimum Gasteiger partial charge on any atom is -0.488 e. The molecule has 0 unspecified atom stereocenters. The highest BCUT2D eigenvalue weighted by molar-refractivity contribution is 5.80. The van der Waals surface area contributed by atoms with E-state index in [-0.39, 0.29) is 11.4 Å². The van der Waals surface area contributed by atoms with E-state index in [0.29, 0.717) is 23.5 Å². The van der Waals surface area contributed by atoms with Crippen LogP contribution >= 0.6 is 0 Å². The van der Waals surface area contributed by atoms with Crippen LogP contribution in [0.25, 0.3) is 11.1 Å². The maximum atomic E-state index is 12.6. The Bertz CT molecular complexity index is 895. The molecular formula is C21H18F3NO2. The van der Waals surface area contributed by atoms with Crippen molar-refractivity contribution in [2.45, 2.75) is 12.8 Å². The summed E-state index contributed by atoms with van der Waals surface area (Å²) >= 11 is 0. The summed E-state index contributed by atoms with van der Waals surface area (Å²) in [5.41, 5.74) is 8.04. The molecule has 0 aliphatic heterocycles. The minimum atomic E-state index is -4.46. The second-order valence-corrected chi connectivity index (χ2v) is 5.90. The third-order valence-electron chi connectivity index (χ3n) is 3.84. The number of nitrogens with two attached hydrogens (primary N) is 1. The van der Waals surface area contributed by atoms with Crippen LogP contribution in [-0.2, 0) is 6.61 Å². The van der Waals surface area contributed by atoms with E-state index >= 15 is 0 Å². The lowest BCUT2D eigenvalue weighted by atomic mass is 10.0. The van der Waals surface area contributed by atoms with E-state index in [1.807, 2.05) is 30.3 Å². The molecule has 3 aromatic carbocycles. The molecule has 3 nitrogen and oxygen atoms in total. The van der Waals surface area contributed by atoms with E-state index in [1.165, 1.54) is 6.07 Å². The van der Waals surface area contributed by atoms with Crippen LogP contribution < -0.4 is 15.2 Å². The number of ether oxygens (including phenoxy) is 2. The Kier molecular flexibility index (Phi) is 5.54. The lowest BCUT2D eigenvalue weighted by molar-refractivity contribution is -0.153. The third-order valence-corrected chi connectivity index (χ3v) is 3.84. The number of benzene rings is 3. The van der Waals surface area contributed by atoms with Crippen LogP contribution in [0.3, 0.4) is 0 Å². The van der Waals surface area contributed by atoms with Crippen LogP contribution in [0.1, 0.15) is 5.56 Å². The van der Waals surface area contributed by atoms with Crippen LogP contribution in [0, 0.1) is 0 Å². The van der Waals surface area contributed by atoms with Crippen molar-refractivity contribution in [2.24, 2.45) is 0 Å². The minimum absolute atomic E-state index is 0.00872. The maximum absolute atomic E-state index is 12.6. The molecule has 0 saturated carbocycles. The van der Waals surface area contributed by atoms with E-state index in [9.17, 15) is 13.2 Å². The second-order valence-electron chi connectivity index (χ2n) is 5.90. The third kappa shape index (κ3) is 4.94. The summed E-state index contributed by atoms with van der Waals surface area (Å²) in [6.07, 6.45) is -4.46. The van der Waals surface area contributed by atoms with Gasteiger partial charge in [-0.1, -0.05) is 60.7 Å². The van der Waals surface area contributed by atoms with Gasteiger partial charge in [0, 0.05) is 11.1 Å². The first-order valence-electron chi connectivity index (χ1n) is 8.28. The molecule has 3 rings (SSSR count). The van der Waals surface area contributed by atoms with Gasteiger partial charge in [0.1, 0.15) is 12.4 Å². The summed E-state index contributed by atoms with van der Waals surface area (Å²) in [5, 5.41) is 0. The average molecular weight is 373 g/mol. The first kappa shape index (κ1) is 18.6. The number of alkyl halides is 3. The first-order chi connectivity index (χ1) is 12.9. The molecule has 0 bridgehead atoms. The first-order valence-corrected chi connectivity index (χ1v) is 8.28. The fourth-order valence-electron chi connectivity index (χ4n) is 2.63. The molecule has 0 heterocycles. The monoisotopic (exact) mass is 373 g/mol. The number of rotatable bonds is 6. The predicted octanol–water partition coefficient (Wildman–Crippen LogP) is 5.46. The highest BCUT2D eigenvalue weighted by atomic mass is 19.4. The topological polar surface area (TPSA) is 44.5 Å². The van der Waals surface area contributed by atoms with E-state index in [1.54, 1.807) is 36.4 Å². The molecule has 0 aliphatic rings. The van der Waals surface area contributed by atoms with Crippen molar-refractivity contribution in [3.8, 4) is 22.6 Å². The molecule has 0 fully saturated rings. The number of halogens is 3. The Balaban J connectivity index is 1.91. The van der Waals surface area contributed by atoms with Crippen molar-refractivity contribution in [3.05, 3.63) is 78.4 Å². The van der Waals surface area contributed by atoms with Gasteiger partial charge in [0.2, 0.25) is 0 Å². The molecule has 3 aromatic rings. The average Bonchev–Trinajstić information content (AvgIpc) is 2.65. The molecule has 2 N–H and O–H groups in total. The standard InChI is InChI=1S/C21H18F3NO2/c22-21(23,24)14-27-20-17(10-6-11-18(20)25)16-9-4-5-12-19(16)26-13-15-7-2-1-3-8-15/h1-12H,13-14,25H2. The molecule has 0 aromatic heterocycles.